The summed E-state index contributed by atoms with van der Waals surface area (Å²) in [5.74, 6) is -0.863. The van der Waals surface area contributed by atoms with Crippen LogP contribution in [0.1, 0.15) is 44.1 Å². The fourth-order valence-corrected chi connectivity index (χ4v) is 4.60. The number of amides is 3. The maximum Gasteiger partial charge on any atom is 0.347 e. The van der Waals surface area contributed by atoms with Crippen molar-refractivity contribution in [3.8, 4) is 29.7 Å². The molecule has 5 heterocycles. The second-order valence-corrected chi connectivity index (χ2v) is 9.60. The van der Waals surface area contributed by atoms with E-state index in [1.165, 1.54) is 0 Å². The molecule has 3 aromatic heterocycles. The van der Waals surface area contributed by atoms with E-state index in [9.17, 15) is 24.4 Å². The summed E-state index contributed by atoms with van der Waals surface area (Å²) in [5.41, 5.74) is 1.94. The lowest BCUT2D eigenvalue weighted by molar-refractivity contribution is -0.196. The predicted molar refractivity (Wildman–Crippen MR) is 147 cm³/mol. The number of rotatable bonds is 6. The van der Waals surface area contributed by atoms with Gasteiger partial charge in [-0.25, -0.2) is 19.7 Å². The van der Waals surface area contributed by atoms with Crippen LogP contribution in [0.25, 0.3) is 17.2 Å². The van der Waals surface area contributed by atoms with Gasteiger partial charge in [-0.1, -0.05) is 0 Å². The monoisotopic (exact) mass is 582 g/mol. The second-order valence-electron chi connectivity index (χ2n) is 9.60. The number of hydroxylamine groups is 2. The van der Waals surface area contributed by atoms with E-state index >= 15 is 0 Å². The molecule has 3 amide bonds. The maximum atomic E-state index is 12.1. The van der Waals surface area contributed by atoms with Gasteiger partial charge in [-0.05, 0) is 31.0 Å². The third kappa shape index (κ3) is 7.07. The maximum absolute atomic E-state index is 12.1. The number of likely N-dealkylation sites (N-methyl/N-ethyl adjacent to an activating group) is 1. The van der Waals surface area contributed by atoms with Gasteiger partial charge < -0.3 is 14.6 Å². The molecule has 2 aliphatic heterocycles. The summed E-state index contributed by atoms with van der Waals surface area (Å²) in [4.78, 5) is 66.2. The van der Waals surface area contributed by atoms with Crippen molar-refractivity contribution in [3.63, 3.8) is 0 Å². The lowest BCUT2D eigenvalue weighted by atomic mass is 10.0. The molecule has 2 saturated heterocycles. The van der Waals surface area contributed by atoms with Crippen LogP contribution in [-0.2, 0) is 24.0 Å². The van der Waals surface area contributed by atoms with E-state index in [1.807, 2.05) is 19.2 Å². The van der Waals surface area contributed by atoms with Crippen LogP contribution in [-0.4, -0.2) is 79.2 Å². The van der Waals surface area contributed by atoms with Gasteiger partial charge in [0, 0.05) is 51.4 Å². The average Bonchev–Trinajstić information content (AvgIpc) is 3.59. The summed E-state index contributed by atoms with van der Waals surface area (Å²) in [6.07, 6.45) is 6.47. The molecule has 0 saturated carbocycles. The molecule has 43 heavy (non-hydrogen) atoms. The number of hydrogen-bond acceptors (Lipinski definition) is 12. The molecule has 3 aromatic rings. The highest BCUT2D eigenvalue weighted by molar-refractivity contribution is 6.01. The van der Waals surface area contributed by atoms with Crippen LogP contribution in [0.3, 0.4) is 0 Å². The summed E-state index contributed by atoms with van der Waals surface area (Å²) < 4.78 is 1.81. The minimum absolute atomic E-state index is 0.0542. The molecular formula is C28H26N10O5. The zero-order chi connectivity index (χ0) is 30.9. The van der Waals surface area contributed by atoms with Crippen LogP contribution in [0.5, 0.6) is 0 Å². The molecule has 218 valence electrons. The highest BCUT2D eigenvalue weighted by Gasteiger charge is 2.32. The number of carbonyl (C=O) groups is 4. The highest BCUT2D eigenvalue weighted by atomic mass is 16.7. The number of aromatic nitrogens is 4. The third-order valence-corrected chi connectivity index (χ3v) is 6.82. The zero-order valence-electron chi connectivity index (χ0n) is 23.2. The average molecular weight is 583 g/mol. The van der Waals surface area contributed by atoms with Crippen LogP contribution in [0.4, 0.5) is 5.82 Å². The normalized spacial score (nSPS) is 16.0. The Labute approximate surface area is 246 Å². The number of piperidine rings is 1. The van der Waals surface area contributed by atoms with Crippen molar-refractivity contribution < 1.29 is 24.0 Å². The molecule has 0 unspecified atom stereocenters. The van der Waals surface area contributed by atoms with E-state index in [1.54, 1.807) is 46.1 Å². The third-order valence-electron chi connectivity index (χ3n) is 6.82. The molecule has 0 aromatic carbocycles. The van der Waals surface area contributed by atoms with Crippen molar-refractivity contribution in [2.24, 2.45) is 0 Å². The van der Waals surface area contributed by atoms with E-state index in [4.69, 9.17) is 15.5 Å². The van der Waals surface area contributed by atoms with Gasteiger partial charge in [0.25, 0.3) is 11.8 Å². The number of pyridine rings is 1. The number of anilines is 1. The quantitative estimate of drug-likeness (QED) is 0.380. The second kappa shape index (κ2) is 13.7. The Morgan fingerprint density at radius 1 is 1.07 bits per heavy atom. The van der Waals surface area contributed by atoms with Crippen LogP contribution in [0.2, 0.25) is 0 Å². The summed E-state index contributed by atoms with van der Waals surface area (Å²) in [5, 5.41) is 26.5. The van der Waals surface area contributed by atoms with E-state index in [0.717, 1.165) is 18.7 Å². The molecular weight excluding hydrogens is 556 g/mol. The number of nitrogens with zero attached hydrogens (tertiary/aromatic N) is 10. The number of likely N-dealkylation sites (tertiary alicyclic amines) is 1. The topological polar surface area (TPSA) is 202 Å². The largest absolute Gasteiger partial charge is 0.355 e. The highest BCUT2D eigenvalue weighted by Crippen LogP contribution is 2.24. The first-order chi connectivity index (χ1) is 20.7. The number of imidazole rings is 1. The van der Waals surface area contributed by atoms with Gasteiger partial charge in [0.2, 0.25) is 5.91 Å². The van der Waals surface area contributed by atoms with Gasteiger partial charge in [-0.15, -0.1) is 5.06 Å². The molecule has 1 atom stereocenters. The molecule has 2 aliphatic rings. The van der Waals surface area contributed by atoms with Gasteiger partial charge >= 0.3 is 5.97 Å². The number of imide groups is 1. The Balaban J connectivity index is 0.000000273. The molecule has 0 aliphatic carbocycles. The summed E-state index contributed by atoms with van der Waals surface area (Å²) in [6.45, 7) is 1.25. The van der Waals surface area contributed by atoms with Crippen LogP contribution in [0.15, 0.2) is 36.8 Å². The first-order valence-corrected chi connectivity index (χ1v) is 13.3. The fraction of sp³-hybridized carbons (Fsp3) is 0.357. The van der Waals surface area contributed by atoms with E-state index in [0.29, 0.717) is 40.9 Å². The lowest BCUT2D eigenvalue weighted by Crippen LogP contribution is -2.48. The Morgan fingerprint density at radius 3 is 2.51 bits per heavy atom. The van der Waals surface area contributed by atoms with E-state index in [-0.39, 0.29) is 31.2 Å². The van der Waals surface area contributed by atoms with Crippen LogP contribution in [0, 0.1) is 34.0 Å². The molecule has 5 rings (SSSR count). The van der Waals surface area contributed by atoms with Gasteiger partial charge in [0.15, 0.2) is 5.82 Å². The number of nitriles is 3. The molecule has 2 fully saturated rings. The van der Waals surface area contributed by atoms with Crippen molar-refractivity contribution in [2.75, 3.05) is 25.0 Å². The van der Waals surface area contributed by atoms with E-state index in [2.05, 4.69) is 25.8 Å². The standard InChI is InChI=1S/C21H20N8O.C7H6N2O4/c1-27(16-3-2-10-28(14-16)20(30)6-8-22)19-7-9-24-21(26-19)17-12-25-18-5-4-15(11-23)13-29(17)18;8-4-3-7(12)13-9-5(10)1-2-6(9)11/h4-5,7,9,12-13,16H,2-3,6,10,14H2,1H3;1-3H2/t16-;/m1./s1. The smallest absolute Gasteiger partial charge is 0.347 e. The molecule has 0 spiro atoms. The SMILES string of the molecule is CN(c1ccnc(-c2cnc3ccc(C#N)cn23)n1)[C@@H]1CCCN(C(=O)CC#N)C1.N#CCC(=O)ON1C(=O)CCC1=O. The Bertz CT molecular complexity index is 1670. The lowest BCUT2D eigenvalue weighted by Gasteiger charge is -2.38. The van der Waals surface area contributed by atoms with Gasteiger partial charge in [0.05, 0.1) is 23.9 Å². The number of fused-ring (bicyclic) bond motifs is 1. The molecule has 0 bridgehead atoms. The van der Waals surface area contributed by atoms with Crippen molar-refractivity contribution in [1.29, 1.82) is 15.8 Å². The predicted octanol–water partition coefficient (Wildman–Crippen LogP) is 1.51. The van der Waals surface area contributed by atoms with Crippen LogP contribution >= 0.6 is 0 Å². The van der Waals surface area contributed by atoms with Crippen LogP contribution < -0.4 is 4.90 Å². The Morgan fingerprint density at radius 2 is 1.81 bits per heavy atom. The van der Waals surface area contributed by atoms with Crippen molar-refractivity contribution >= 4 is 35.2 Å². The molecule has 0 radical (unpaired) electrons. The minimum Gasteiger partial charge on any atom is -0.355 e. The molecule has 15 nitrogen and oxygen atoms in total. The summed E-state index contributed by atoms with van der Waals surface area (Å²) in [6, 6.07) is 11.1. The molecule has 0 N–H and O–H groups in total. The summed E-state index contributed by atoms with van der Waals surface area (Å²) >= 11 is 0. The molecule has 15 heteroatoms. The van der Waals surface area contributed by atoms with Gasteiger partial charge in [-0.2, -0.15) is 15.8 Å². The summed E-state index contributed by atoms with van der Waals surface area (Å²) in [7, 11) is 1.96. The fourth-order valence-electron chi connectivity index (χ4n) is 4.60. The Kier molecular flexibility index (Phi) is 9.55. The number of hydrogen-bond donors (Lipinski definition) is 0. The van der Waals surface area contributed by atoms with Crippen molar-refractivity contribution in [3.05, 3.63) is 42.4 Å². The number of carbonyl (C=O) groups excluding carboxylic acids is 4. The first kappa shape index (κ1) is 30.1. The first-order valence-electron chi connectivity index (χ1n) is 13.3. The Hall–Kier alpha value is -5.88. The van der Waals surface area contributed by atoms with Crippen molar-refractivity contribution in [2.45, 2.75) is 44.6 Å². The van der Waals surface area contributed by atoms with Gasteiger partial charge in [-0.3, -0.25) is 18.8 Å². The zero-order valence-corrected chi connectivity index (χ0v) is 23.2. The van der Waals surface area contributed by atoms with Gasteiger partial charge in [0.1, 0.15) is 36.1 Å². The minimum atomic E-state index is -0.897. The van der Waals surface area contributed by atoms with Crippen molar-refractivity contribution in [1.82, 2.24) is 29.3 Å². The van der Waals surface area contributed by atoms with E-state index < -0.39 is 24.2 Å².